The van der Waals surface area contributed by atoms with Gasteiger partial charge in [0.2, 0.25) is 0 Å². The number of halogens is 1. The van der Waals surface area contributed by atoms with Crippen LogP contribution in [0.15, 0.2) is 29.0 Å². The molecule has 19 heavy (non-hydrogen) atoms. The molecule has 0 bridgehead atoms. The van der Waals surface area contributed by atoms with Crippen LogP contribution in [-0.4, -0.2) is 29.7 Å². The first-order valence-electron chi connectivity index (χ1n) is 6.48. The van der Waals surface area contributed by atoms with Gasteiger partial charge in [0.1, 0.15) is 11.3 Å². The highest BCUT2D eigenvalue weighted by molar-refractivity contribution is 9.10. The fourth-order valence-electron chi connectivity index (χ4n) is 2.48. The van der Waals surface area contributed by atoms with Crippen LogP contribution in [0.25, 0.3) is 11.0 Å². The maximum absolute atomic E-state index is 6.03. The van der Waals surface area contributed by atoms with Gasteiger partial charge in [-0.1, -0.05) is 0 Å². The lowest BCUT2D eigenvalue weighted by atomic mass is 9.82. The van der Waals surface area contributed by atoms with Crippen molar-refractivity contribution < 1.29 is 4.74 Å². The summed E-state index contributed by atoms with van der Waals surface area (Å²) in [5.74, 6) is 1.58. The van der Waals surface area contributed by atoms with E-state index in [2.05, 4.69) is 31.2 Å². The molecule has 1 N–H and O–H groups in total. The molecule has 0 unspecified atom stereocenters. The topological polar surface area (TPSA) is 47.0 Å². The Labute approximate surface area is 120 Å². The number of ether oxygens (including phenoxy) is 1. The first-order chi connectivity index (χ1) is 9.26. The van der Waals surface area contributed by atoms with Crippen LogP contribution in [0.2, 0.25) is 0 Å². The van der Waals surface area contributed by atoms with Crippen LogP contribution < -0.4 is 10.1 Å². The summed E-state index contributed by atoms with van der Waals surface area (Å²) in [6, 6.07) is 3.86. The number of nitrogens with zero attached hydrogens (tertiary/aromatic N) is 2. The molecule has 2 aromatic heterocycles. The third kappa shape index (κ3) is 2.72. The lowest BCUT2D eigenvalue weighted by Gasteiger charge is -2.35. The molecule has 0 radical (unpaired) electrons. The van der Waals surface area contributed by atoms with Crippen molar-refractivity contribution >= 4 is 27.0 Å². The van der Waals surface area contributed by atoms with Gasteiger partial charge in [-0.15, -0.1) is 0 Å². The van der Waals surface area contributed by atoms with Crippen LogP contribution in [0.3, 0.4) is 0 Å². The van der Waals surface area contributed by atoms with E-state index in [1.54, 1.807) is 12.4 Å². The summed E-state index contributed by atoms with van der Waals surface area (Å²) in [6.07, 6.45) is 6.09. The summed E-state index contributed by atoms with van der Waals surface area (Å²) >= 11 is 3.41. The van der Waals surface area contributed by atoms with Crippen LogP contribution in [0.4, 0.5) is 0 Å². The predicted molar refractivity (Wildman–Crippen MR) is 78.3 cm³/mol. The van der Waals surface area contributed by atoms with E-state index in [4.69, 9.17) is 4.74 Å². The Bertz CT molecular complexity index is 584. The van der Waals surface area contributed by atoms with E-state index in [-0.39, 0.29) is 0 Å². The largest absolute Gasteiger partial charge is 0.488 e. The summed E-state index contributed by atoms with van der Waals surface area (Å²) in [5, 5.41) is 3.21. The molecule has 1 aliphatic carbocycles. The average molecular weight is 322 g/mol. The van der Waals surface area contributed by atoms with E-state index in [9.17, 15) is 0 Å². The van der Waals surface area contributed by atoms with Crippen molar-refractivity contribution in [2.75, 3.05) is 13.6 Å². The minimum absolute atomic E-state index is 0.314. The Kier molecular flexibility index (Phi) is 3.66. The van der Waals surface area contributed by atoms with Gasteiger partial charge in [0.05, 0.1) is 11.6 Å². The maximum atomic E-state index is 6.03. The van der Waals surface area contributed by atoms with Gasteiger partial charge in [-0.2, -0.15) is 0 Å². The van der Waals surface area contributed by atoms with Gasteiger partial charge in [0.25, 0.3) is 0 Å². The molecule has 1 aliphatic rings. The van der Waals surface area contributed by atoms with E-state index >= 15 is 0 Å². The normalized spacial score (nSPS) is 22.2. The zero-order valence-corrected chi connectivity index (χ0v) is 12.4. The van der Waals surface area contributed by atoms with E-state index in [1.165, 1.54) is 0 Å². The molecule has 2 heterocycles. The summed E-state index contributed by atoms with van der Waals surface area (Å²) in [6.45, 7) is 1.07. The van der Waals surface area contributed by atoms with Gasteiger partial charge < -0.3 is 10.1 Å². The minimum atomic E-state index is 0.314. The van der Waals surface area contributed by atoms with E-state index in [0.717, 1.165) is 46.6 Å². The number of aromatic nitrogens is 2. The van der Waals surface area contributed by atoms with Crippen molar-refractivity contribution in [3.63, 3.8) is 0 Å². The van der Waals surface area contributed by atoms with Crippen molar-refractivity contribution in [3.8, 4) is 5.75 Å². The summed E-state index contributed by atoms with van der Waals surface area (Å²) in [5.41, 5.74) is 1.70. The van der Waals surface area contributed by atoms with Crippen LogP contribution in [0, 0.1) is 5.92 Å². The fraction of sp³-hybridized carbons (Fsp3) is 0.429. The second-order valence-corrected chi connectivity index (χ2v) is 5.88. The molecule has 3 rings (SSSR count). The Hall–Kier alpha value is -1.20. The van der Waals surface area contributed by atoms with Crippen LogP contribution in [-0.2, 0) is 0 Å². The lowest BCUT2D eigenvalue weighted by molar-refractivity contribution is 0.0669. The van der Waals surface area contributed by atoms with Gasteiger partial charge in [0.15, 0.2) is 0 Å². The highest BCUT2D eigenvalue weighted by Gasteiger charge is 2.30. The Morgan fingerprint density at radius 1 is 1.42 bits per heavy atom. The zero-order valence-electron chi connectivity index (χ0n) is 10.8. The molecular weight excluding hydrogens is 306 g/mol. The molecule has 0 aliphatic heterocycles. The van der Waals surface area contributed by atoms with Gasteiger partial charge in [-0.05, 0) is 54.3 Å². The number of fused-ring (bicyclic) bond motifs is 1. The molecule has 2 aromatic rings. The fourth-order valence-corrected chi connectivity index (χ4v) is 2.80. The molecule has 0 saturated heterocycles. The summed E-state index contributed by atoms with van der Waals surface area (Å²) in [7, 11) is 1.99. The van der Waals surface area contributed by atoms with Gasteiger partial charge >= 0.3 is 0 Å². The number of hydrogen-bond acceptors (Lipinski definition) is 4. The Balaban J connectivity index is 1.75. The van der Waals surface area contributed by atoms with Crippen molar-refractivity contribution in [1.29, 1.82) is 0 Å². The SMILES string of the molecule is CNCC1CC(Oc2ccnc3cc(Br)cnc23)C1. The van der Waals surface area contributed by atoms with Gasteiger partial charge in [-0.25, -0.2) is 4.98 Å². The van der Waals surface area contributed by atoms with E-state index in [0.29, 0.717) is 6.10 Å². The second-order valence-electron chi connectivity index (χ2n) is 4.97. The molecule has 4 nitrogen and oxygen atoms in total. The Morgan fingerprint density at radius 3 is 3.05 bits per heavy atom. The number of hydrogen-bond donors (Lipinski definition) is 1. The van der Waals surface area contributed by atoms with Crippen LogP contribution in [0.1, 0.15) is 12.8 Å². The molecular formula is C14H16BrN3O. The molecule has 0 aromatic carbocycles. The van der Waals surface area contributed by atoms with Crippen molar-refractivity contribution in [2.24, 2.45) is 5.92 Å². The zero-order chi connectivity index (χ0) is 13.2. The highest BCUT2D eigenvalue weighted by Crippen LogP contribution is 2.33. The number of rotatable bonds is 4. The molecule has 1 saturated carbocycles. The van der Waals surface area contributed by atoms with E-state index in [1.807, 2.05) is 19.2 Å². The average Bonchev–Trinajstić information content (AvgIpc) is 2.36. The number of nitrogens with one attached hydrogen (secondary N) is 1. The number of pyridine rings is 2. The quantitative estimate of drug-likeness (QED) is 0.940. The van der Waals surface area contributed by atoms with E-state index < -0.39 is 0 Å². The monoisotopic (exact) mass is 321 g/mol. The predicted octanol–water partition coefficient (Wildman–Crippen LogP) is 2.77. The first kappa shape index (κ1) is 12.8. The van der Waals surface area contributed by atoms with Crippen LogP contribution in [0.5, 0.6) is 5.75 Å². The molecule has 0 atom stereocenters. The lowest BCUT2D eigenvalue weighted by Crippen LogP contribution is -2.38. The van der Waals surface area contributed by atoms with Gasteiger partial charge in [0, 0.05) is 22.9 Å². The molecule has 0 spiro atoms. The Morgan fingerprint density at radius 2 is 2.26 bits per heavy atom. The van der Waals surface area contributed by atoms with Crippen molar-refractivity contribution in [2.45, 2.75) is 18.9 Å². The van der Waals surface area contributed by atoms with Gasteiger partial charge in [-0.3, -0.25) is 4.98 Å². The standard InChI is InChI=1S/C14H16BrN3O/c1-16-7-9-4-11(5-9)19-13-2-3-17-12-6-10(15)8-18-14(12)13/h2-3,6,8-9,11,16H,4-5,7H2,1H3. The third-order valence-electron chi connectivity index (χ3n) is 3.49. The molecule has 1 fully saturated rings. The minimum Gasteiger partial charge on any atom is -0.488 e. The van der Waals surface area contributed by atoms with Crippen LogP contribution >= 0.6 is 15.9 Å². The van der Waals surface area contributed by atoms with Crippen molar-refractivity contribution in [1.82, 2.24) is 15.3 Å². The molecule has 100 valence electrons. The summed E-state index contributed by atoms with van der Waals surface area (Å²) in [4.78, 5) is 8.72. The molecule has 0 amide bonds. The first-order valence-corrected chi connectivity index (χ1v) is 7.27. The van der Waals surface area contributed by atoms with Crippen molar-refractivity contribution in [3.05, 3.63) is 29.0 Å². The highest BCUT2D eigenvalue weighted by atomic mass is 79.9. The second kappa shape index (κ2) is 5.43. The summed E-state index contributed by atoms with van der Waals surface area (Å²) < 4.78 is 6.97. The smallest absolute Gasteiger partial charge is 0.149 e. The maximum Gasteiger partial charge on any atom is 0.149 e. The molecule has 5 heteroatoms. The third-order valence-corrected chi connectivity index (χ3v) is 3.92.